The van der Waals surface area contributed by atoms with Gasteiger partial charge in [-0.25, -0.2) is 0 Å². The first-order chi connectivity index (χ1) is 27.0. The molecule has 3 atom stereocenters. The molecule has 0 fully saturated rings. The van der Waals surface area contributed by atoms with Gasteiger partial charge in [0, 0.05) is 18.8 Å². The summed E-state index contributed by atoms with van der Waals surface area (Å²) in [5.41, 5.74) is 8.69. The number of hydrogen-bond donors (Lipinski definition) is 1. The lowest BCUT2D eigenvalue weighted by Crippen LogP contribution is -2.32. The van der Waals surface area contributed by atoms with Crippen LogP contribution in [0.2, 0.25) is 0 Å². The van der Waals surface area contributed by atoms with Crippen LogP contribution in [0.3, 0.4) is 0 Å². The fourth-order valence-corrected chi connectivity index (χ4v) is 8.37. The van der Waals surface area contributed by atoms with Crippen LogP contribution in [0.25, 0.3) is 0 Å². The second-order valence-corrected chi connectivity index (χ2v) is 18.5. The summed E-state index contributed by atoms with van der Waals surface area (Å²) in [6.45, 7) is 24.1. The van der Waals surface area contributed by atoms with Gasteiger partial charge in [0.1, 0.15) is 6.10 Å². The van der Waals surface area contributed by atoms with Crippen molar-refractivity contribution in [2.75, 3.05) is 0 Å². The lowest BCUT2D eigenvalue weighted by atomic mass is 9.67. The number of ether oxygens (including phenoxy) is 1. The topological polar surface area (TPSA) is 46.5 Å². The lowest BCUT2D eigenvalue weighted by Gasteiger charge is -2.38. The average molecular weight is 779 g/mol. The van der Waals surface area contributed by atoms with Gasteiger partial charge in [0.15, 0.2) is 0 Å². The number of aliphatic hydroxyl groups is 1. The van der Waals surface area contributed by atoms with Gasteiger partial charge < -0.3 is 9.84 Å². The number of allylic oxidation sites excluding steroid dienone is 20. The second kappa shape index (κ2) is 26.5. The fourth-order valence-electron chi connectivity index (χ4n) is 8.37. The van der Waals surface area contributed by atoms with Crippen LogP contribution in [0.4, 0.5) is 0 Å². The molecule has 2 aliphatic rings. The number of hydrogen-bond acceptors (Lipinski definition) is 3. The minimum atomic E-state index is -0.337. The molecule has 0 spiro atoms. The Bertz CT molecular complexity index is 1590. The maximum absolute atomic E-state index is 12.7. The molecular weight excluding hydrogens is 697 g/mol. The first-order valence-electron chi connectivity index (χ1n) is 22.4. The number of unbranched alkanes of at least 4 members (excludes halogenated alkanes) is 10. The Labute approximate surface area is 351 Å². The lowest BCUT2D eigenvalue weighted by molar-refractivity contribution is -0.150. The highest BCUT2D eigenvalue weighted by molar-refractivity contribution is 5.69. The molecule has 3 heteroatoms. The highest BCUT2D eigenvalue weighted by atomic mass is 16.5. The van der Waals surface area contributed by atoms with Gasteiger partial charge in [0.2, 0.25) is 0 Å². The monoisotopic (exact) mass is 779 g/mol. The van der Waals surface area contributed by atoms with Gasteiger partial charge in [0.05, 0.1) is 6.10 Å². The van der Waals surface area contributed by atoms with Crippen molar-refractivity contribution < 1.29 is 14.6 Å². The minimum absolute atomic E-state index is 0.0263. The summed E-state index contributed by atoms with van der Waals surface area (Å²) in [7, 11) is 0. The molecule has 0 bridgehead atoms. The molecule has 0 radical (unpaired) electrons. The third-order valence-corrected chi connectivity index (χ3v) is 11.6. The summed E-state index contributed by atoms with van der Waals surface area (Å²) in [5.74, 6) is 0.315. The van der Waals surface area contributed by atoms with E-state index in [9.17, 15) is 9.90 Å². The van der Waals surface area contributed by atoms with Crippen LogP contribution in [-0.2, 0) is 9.53 Å². The van der Waals surface area contributed by atoms with E-state index in [2.05, 4.69) is 161 Å². The van der Waals surface area contributed by atoms with Crippen molar-refractivity contribution in [3.8, 4) is 0 Å². The SMILES string of the molecule is CCCCCCCCCCCCCC(=O)O[C@@H]1CC(C)=C(/C=C/C(C)=C/C=C/C(C)=C/C=C/C=C(C)/C=C/C=C(C)/C=C/[C@H]2C(C)=C[C@H](O)CC2(C)C)C(C)(C)C1. The summed E-state index contributed by atoms with van der Waals surface area (Å²) >= 11 is 0. The Morgan fingerprint density at radius 1 is 0.702 bits per heavy atom. The molecule has 57 heavy (non-hydrogen) atoms. The van der Waals surface area contributed by atoms with Crippen molar-refractivity contribution in [1.82, 2.24) is 0 Å². The Morgan fingerprint density at radius 2 is 1.19 bits per heavy atom. The summed E-state index contributed by atoms with van der Waals surface area (Å²) in [6, 6.07) is 0. The molecule has 0 heterocycles. The van der Waals surface area contributed by atoms with Crippen LogP contribution < -0.4 is 0 Å². The zero-order chi connectivity index (χ0) is 42.3. The molecule has 316 valence electrons. The zero-order valence-electron chi connectivity index (χ0n) is 38.3. The molecule has 0 saturated carbocycles. The first kappa shape index (κ1) is 49.7. The molecule has 0 unspecified atom stereocenters. The van der Waals surface area contributed by atoms with E-state index in [0.29, 0.717) is 12.3 Å². The summed E-state index contributed by atoms with van der Waals surface area (Å²) in [5, 5.41) is 10.1. The molecule has 3 nitrogen and oxygen atoms in total. The van der Waals surface area contributed by atoms with Gasteiger partial charge in [-0.1, -0.05) is 223 Å². The third kappa shape index (κ3) is 20.7. The van der Waals surface area contributed by atoms with Crippen LogP contribution in [0, 0.1) is 16.7 Å². The molecule has 0 saturated heterocycles. The van der Waals surface area contributed by atoms with Crippen molar-refractivity contribution >= 4 is 5.97 Å². The molecule has 1 N–H and O–H groups in total. The van der Waals surface area contributed by atoms with Gasteiger partial charge in [-0.3, -0.25) is 4.79 Å². The highest BCUT2D eigenvalue weighted by Gasteiger charge is 2.35. The van der Waals surface area contributed by atoms with Crippen LogP contribution in [0.5, 0.6) is 0 Å². The van der Waals surface area contributed by atoms with E-state index >= 15 is 0 Å². The third-order valence-electron chi connectivity index (χ3n) is 11.6. The fraction of sp³-hybridized carbons (Fsp3) is 0.574. The van der Waals surface area contributed by atoms with Gasteiger partial charge in [-0.2, -0.15) is 0 Å². The van der Waals surface area contributed by atoms with Crippen LogP contribution in [0.15, 0.2) is 130 Å². The Morgan fingerprint density at radius 3 is 1.72 bits per heavy atom. The van der Waals surface area contributed by atoms with Gasteiger partial charge in [0.25, 0.3) is 0 Å². The largest absolute Gasteiger partial charge is 0.462 e. The maximum Gasteiger partial charge on any atom is 0.306 e. The number of carbonyl (C=O) groups is 1. The van der Waals surface area contributed by atoms with E-state index in [0.717, 1.165) is 32.1 Å². The van der Waals surface area contributed by atoms with E-state index in [-0.39, 0.29) is 29.0 Å². The quantitative estimate of drug-likeness (QED) is 0.0486. The van der Waals surface area contributed by atoms with E-state index in [1.165, 1.54) is 96.8 Å². The van der Waals surface area contributed by atoms with Crippen LogP contribution >= 0.6 is 0 Å². The maximum atomic E-state index is 12.7. The number of esters is 1. The Balaban J connectivity index is 1.79. The van der Waals surface area contributed by atoms with Crippen molar-refractivity contribution in [1.29, 1.82) is 0 Å². The first-order valence-corrected chi connectivity index (χ1v) is 22.4. The highest BCUT2D eigenvalue weighted by Crippen LogP contribution is 2.43. The number of carbonyl (C=O) groups excluding carboxylic acids is 1. The molecule has 0 aliphatic heterocycles. The van der Waals surface area contributed by atoms with Crippen LogP contribution in [0.1, 0.15) is 172 Å². The molecule has 0 aromatic heterocycles. The Kier molecular flexibility index (Phi) is 23.2. The normalized spacial score (nSPS) is 22.6. The molecular formula is C54H82O3. The Hall–Kier alpha value is -3.43. The van der Waals surface area contributed by atoms with Gasteiger partial charge in [-0.15, -0.1) is 0 Å². The number of aliphatic hydroxyl groups excluding tert-OH is 1. The molecule has 0 amide bonds. The number of rotatable bonds is 23. The van der Waals surface area contributed by atoms with Crippen molar-refractivity contribution in [3.05, 3.63) is 130 Å². The summed E-state index contributed by atoms with van der Waals surface area (Å²) in [6.07, 6.45) is 48.9. The zero-order valence-corrected chi connectivity index (χ0v) is 38.3. The summed E-state index contributed by atoms with van der Waals surface area (Å²) < 4.78 is 6.00. The molecule has 0 aromatic carbocycles. The van der Waals surface area contributed by atoms with Crippen LogP contribution in [-0.4, -0.2) is 23.3 Å². The van der Waals surface area contributed by atoms with Crippen molar-refractivity contribution in [2.24, 2.45) is 16.7 Å². The van der Waals surface area contributed by atoms with Gasteiger partial charge >= 0.3 is 5.97 Å². The van der Waals surface area contributed by atoms with Crippen molar-refractivity contribution in [3.63, 3.8) is 0 Å². The average Bonchev–Trinajstić information content (AvgIpc) is 3.11. The van der Waals surface area contributed by atoms with E-state index < -0.39 is 0 Å². The standard InChI is InChI=1S/C54H82O3/c1-12-13-14-15-16-17-18-19-20-21-22-33-52(56)57-49-39-47(7)51(54(10,11)41-49)37-35-45(5)32-26-30-43(3)28-24-23-27-42(2)29-25-31-44(4)34-36-50-46(6)38-48(55)40-53(50,8)9/h23-32,34-38,48-50,55H,12-22,33,39-41H2,1-11H3/b24-23+,29-25+,30-26+,36-34+,37-35+,42-27+,43-28+,44-31+,45-32+/t48-,49+,50-/m0/s1. The van der Waals surface area contributed by atoms with Gasteiger partial charge in [-0.05, 0) is 77.2 Å². The predicted molar refractivity (Wildman–Crippen MR) is 249 cm³/mol. The van der Waals surface area contributed by atoms with E-state index in [1.54, 1.807) is 0 Å². The predicted octanol–water partition coefficient (Wildman–Crippen LogP) is 15.7. The van der Waals surface area contributed by atoms with E-state index in [1.807, 2.05) is 6.08 Å². The van der Waals surface area contributed by atoms with Crippen molar-refractivity contribution in [2.45, 2.75) is 185 Å². The molecule has 2 aliphatic carbocycles. The molecule has 2 rings (SSSR count). The molecule has 0 aromatic rings. The minimum Gasteiger partial charge on any atom is -0.462 e. The second-order valence-electron chi connectivity index (χ2n) is 18.5. The summed E-state index contributed by atoms with van der Waals surface area (Å²) in [4.78, 5) is 12.7. The van der Waals surface area contributed by atoms with E-state index in [4.69, 9.17) is 4.74 Å². The smallest absolute Gasteiger partial charge is 0.306 e.